The highest BCUT2D eigenvalue weighted by molar-refractivity contribution is 5.76. The van der Waals surface area contributed by atoms with Crippen LogP contribution >= 0.6 is 0 Å². The molecule has 1 fully saturated rings. The van der Waals surface area contributed by atoms with Gasteiger partial charge in [-0.2, -0.15) is 0 Å². The van der Waals surface area contributed by atoms with Crippen molar-refractivity contribution in [3.63, 3.8) is 0 Å². The van der Waals surface area contributed by atoms with Gasteiger partial charge in [-0.05, 0) is 37.0 Å². The molecular weight excluding hydrogens is 409 g/mol. The van der Waals surface area contributed by atoms with Gasteiger partial charge in [0.2, 0.25) is 11.8 Å². The largest absolute Gasteiger partial charge is 0.373 e. The lowest BCUT2D eigenvalue weighted by Gasteiger charge is -2.33. The summed E-state index contributed by atoms with van der Waals surface area (Å²) in [5.74, 6) is 1.56. The first-order chi connectivity index (χ1) is 15.4. The lowest BCUT2D eigenvalue weighted by atomic mass is 9.95. The number of nitrogens with zero attached hydrogens (tertiary/aromatic N) is 4. The monoisotopic (exact) mass is 439 g/mol. The predicted octanol–water partition coefficient (Wildman–Crippen LogP) is 2.90. The number of carbonyl (C=O) groups excluding carboxylic acids is 2. The van der Waals surface area contributed by atoms with E-state index in [0.717, 1.165) is 47.8 Å². The number of hydrogen-bond acceptors (Lipinski definition) is 5. The van der Waals surface area contributed by atoms with Gasteiger partial charge in [-0.1, -0.05) is 12.1 Å². The number of hydrogen-bond donors (Lipinski definition) is 1. The van der Waals surface area contributed by atoms with Gasteiger partial charge in [0.25, 0.3) is 0 Å². The summed E-state index contributed by atoms with van der Waals surface area (Å²) >= 11 is 0. The molecule has 8 heteroatoms. The van der Waals surface area contributed by atoms with Crippen LogP contribution in [-0.2, 0) is 29.0 Å². The molecule has 32 heavy (non-hydrogen) atoms. The molecule has 0 aliphatic carbocycles. The fourth-order valence-corrected chi connectivity index (χ4v) is 4.57. The lowest BCUT2D eigenvalue weighted by Crippen LogP contribution is -2.40. The maximum atomic E-state index is 13.1. The zero-order chi connectivity index (χ0) is 22.7. The second-order valence-electron chi connectivity index (χ2n) is 8.60. The van der Waals surface area contributed by atoms with Crippen molar-refractivity contribution in [2.24, 2.45) is 0 Å². The normalized spacial score (nSPS) is 18.3. The molecule has 4 rings (SSSR count). The van der Waals surface area contributed by atoms with Crippen molar-refractivity contribution >= 4 is 17.6 Å². The van der Waals surface area contributed by atoms with Gasteiger partial charge < -0.3 is 15.1 Å². The summed E-state index contributed by atoms with van der Waals surface area (Å²) in [6.07, 6.45) is 3.59. The average Bonchev–Trinajstić information content (AvgIpc) is 2.82. The van der Waals surface area contributed by atoms with Crippen LogP contribution in [0.2, 0.25) is 0 Å². The van der Waals surface area contributed by atoms with E-state index in [-0.39, 0.29) is 23.5 Å². The summed E-state index contributed by atoms with van der Waals surface area (Å²) < 4.78 is 13.1. The molecule has 1 aromatic heterocycles. The summed E-state index contributed by atoms with van der Waals surface area (Å²) in [6.45, 7) is 4.14. The zero-order valence-electron chi connectivity index (χ0n) is 18.7. The van der Waals surface area contributed by atoms with Crippen LogP contribution in [0.4, 0.5) is 10.2 Å². The zero-order valence-corrected chi connectivity index (χ0v) is 18.7. The fraction of sp³-hybridized carbons (Fsp3) is 0.500. The highest BCUT2D eigenvalue weighted by Crippen LogP contribution is 2.30. The van der Waals surface area contributed by atoms with E-state index in [0.29, 0.717) is 38.9 Å². The van der Waals surface area contributed by atoms with Gasteiger partial charge in [0.05, 0.1) is 12.2 Å². The first-order valence-corrected chi connectivity index (χ1v) is 11.3. The number of aryl methyl sites for hydroxylation is 1. The molecule has 2 amide bonds. The standard InChI is InChI=1S/C24H30FN5O2/c1-16(31)29-13-11-21-20(15-29)24(26-2)28-23(27-21)18-4-3-12-30(14-18)22(32)10-7-17-5-8-19(25)9-6-17/h5-6,8-9,18H,3-4,7,10-15H2,1-2H3,(H,26,27,28)/t18-/m1/s1. The highest BCUT2D eigenvalue weighted by Gasteiger charge is 2.29. The van der Waals surface area contributed by atoms with E-state index in [1.807, 2.05) is 16.8 Å². The molecule has 1 saturated heterocycles. The molecule has 2 aliphatic rings. The lowest BCUT2D eigenvalue weighted by molar-refractivity contribution is -0.132. The summed E-state index contributed by atoms with van der Waals surface area (Å²) in [5.41, 5.74) is 2.95. The maximum absolute atomic E-state index is 13.1. The van der Waals surface area contributed by atoms with Gasteiger partial charge >= 0.3 is 0 Å². The number of benzene rings is 1. The number of aromatic nitrogens is 2. The molecular formula is C24H30FN5O2. The van der Waals surface area contributed by atoms with Crippen molar-refractivity contribution < 1.29 is 14.0 Å². The molecule has 1 aromatic carbocycles. The van der Waals surface area contributed by atoms with Crippen molar-refractivity contribution in [3.05, 3.63) is 52.7 Å². The van der Waals surface area contributed by atoms with Gasteiger partial charge in [0.1, 0.15) is 17.5 Å². The molecule has 0 saturated carbocycles. The number of amides is 2. The predicted molar refractivity (Wildman–Crippen MR) is 120 cm³/mol. The Morgan fingerprint density at radius 1 is 1.16 bits per heavy atom. The molecule has 0 radical (unpaired) electrons. The van der Waals surface area contributed by atoms with Crippen LogP contribution in [0, 0.1) is 5.82 Å². The summed E-state index contributed by atoms with van der Waals surface area (Å²) in [5, 5.41) is 3.17. The SMILES string of the molecule is CNc1nc([C@@H]2CCCN(C(=O)CCc3ccc(F)cc3)C2)nc2c1CN(C(C)=O)CC2. The Labute approximate surface area is 188 Å². The molecule has 3 heterocycles. The number of fused-ring (bicyclic) bond motifs is 1. The van der Waals surface area contributed by atoms with Crippen molar-refractivity contribution in [1.29, 1.82) is 0 Å². The van der Waals surface area contributed by atoms with Gasteiger partial charge in [-0.3, -0.25) is 9.59 Å². The molecule has 7 nitrogen and oxygen atoms in total. The minimum Gasteiger partial charge on any atom is -0.373 e. The van der Waals surface area contributed by atoms with Crippen LogP contribution < -0.4 is 5.32 Å². The molecule has 1 atom stereocenters. The van der Waals surface area contributed by atoms with E-state index in [1.54, 1.807) is 19.1 Å². The minimum atomic E-state index is -0.265. The molecule has 2 aliphatic heterocycles. The Bertz CT molecular complexity index is 977. The van der Waals surface area contributed by atoms with Crippen molar-refractivity contribution in [2.45, 2.75) is 51.5 Å². The van der Waals surface area contributed by atoms with Crippen LogP contribution in [0.25, 0.3) is 0 Å². The quantitative estimate of drug-likeness (QED) is 0.775. The van der Waals surface area contributed by atoms with Crippen LogP contribution in [0.3, 0.4) is 0 Å². The van der Waals surface area contributed by atoms with Crippen LogP contribution in [-0.4, -0.2) is 58.3 Å². The molecule has 0 spiro atoms. The van der Waals surface area contributed by atoms with Crippen LogP contribution in [0.15, 0.2) is 24.3 Å². The third-order valence-electron chi connectivity index (χ3n) is 6.44. The van der Waals surface area contributed by atoms with Gasteiger partial charge in [0.15, 0.2) is 0 Å². The second-order valence-corrected chi connectivity index (χ2v) is 8.60. The Balaban J connectivity index is 1.44. The van der Waals surface area contributed by atoms with Crippen LogP contribution in [0.1, 0.15) is 54.7 Å². The first-order valence-electron chi connectivity index (χ1n) is 11.3. The second kappa shape index (κ2) is 9.63. The number of nitrogens with one attached hydrogen (secondary N) is 1. The number of likely N-dealkylation sites (tertiary alicyclic amines) is 1. The Kier molecular flexibility index (Phi) is 6.67. The van der Waals surface area contributed by atoms with E-state index >= 15 is 0 Å². The third-order valence-corrected chi connectivity index (χ3v) is 6.44. The van der Waals surface area contributed by atoms with Gasteiger partial charge in [-0.15, -0.1) is 0 Å². The topological polar surface area (TPSA) is 78.4 Å². The number of anilines is 1. The third kappa shape index (κ3) is 4.89. The van der Waals surface area contributed by atoms with E-state index in [1.165, 1.54) is 12.1 Å². The minimum absolute atomic E-state index is 0.0591. The van der Waals surface area contributed by atoms with Gasteiger partial charge in [-0.25, -0.2) is 14.4 Å². The number of piperidine rings is 1. The van der Waals surface area contributed by atoms with E-state index in [4.69, 9.17) is 9.97 Å². The molecule has 0 bridgehead atoms. The van der Waals surface area contributed by atoms with Crippen molar-refractivity contribution in [2.75, 3.05) is 32.0 Å². The fourth-order valence-electron chi connectivity index (χ4n) is 4.57. The molecule has 170 valence electrons. The average molecular weight is 440 g/mol. The Morgan fingerprint density at radius 3 is 2.66 bits per heavy atom. The Hall–Kier alpha value is -3.03. The maximum Gasteiger partial charge on any atom is 0.222 e. The smallest absolute Gasteiger partial charge is 0.222 e. The summed E-state index contributed by atoms with van der Waals surface area (Å²) in [6, 6.07) is 6.32. The number of carbonyl (C=O) groups is 2. The highest BCUT2D eigenvalue weighted by atomic mass is 19.1. The van der Waals surface area contributed by atoms with Gasteiger partial charge in [0, 0.05) is 57.9 Å². The molecule has 0 unspecified atom stereocenters. The Morgan fingerprint density at radius 2 is 1.94 bits per heavy atom. The number of halogens is 1. The van der Waals surface area contributed by atoms with E-state index < -0.39 is 0 Å². The van der Waals surface area contributed by atoms with E-state index in [9.17, 15) is 14.0 Å². The number of rotatable bonds is 5. The first kappa shape index (κ1) is 22.2. The van der Waals surface area contributed by atoms with E-state index in [2.05, 4.69) is 5.32 Å². The van der Waals surface area contributed by atoms with Crippen molar-refractivity contribution in [3.8, 4) is 0 Å². The van der Waals surface area contributed by atoms with Crippen LogP contribution in [0.5, 0.6) is 0 Å². The summed E-state index contributed by atoms with van der Waals surface area (Å²) in [4.78, 5) is 38.0. The summed E-state index contributed by atoms with van der Waals surface area (Å²) in [7, 11) is 1.84. The molecule has 1 N–H and O–H groups in total. The van der Waals surface area contributed by atoms with Crippen molar-refractivity contribution in [1.82, 2.24) is 19.8 Å². The molecule has 2 aromatic rings.